The van der Waals surface area contributed by atoms with Gasteiger partial charge in [0.15, 0.2) is 0 Å². The van der Waals surface area contributed by atoms with E-state index in [-0.39, 0.29) is 12.3 Å². The minimum atomic E-state index is -1.67. The Labute approximate surface area is 196 Å². The van der Waals surface area contributed by atoms with E-state index in [1.54, 1.807) is 19.4 Å². The molecular formula is C27H33N3O3. The first kappa shape index (κ1) is 23.4. The van der Waals surface area contributed by atoms with Gasteiger partial charge in [0, 0.05) is 62.0 Å². The third-order valence-electron chi connectivity index (χ3n) is 7.19. The molecular weight excluding hydrogens is 414 g/mol. The molecule has 1 aromatic heterocycles. The topological polar surface area (TPSA) is 76.9 Å². The van der Waals surface area contributed by atoms with Gasteiger partial charge in [0.25, 0.3) is 5.91 Å². The molecule has 2 N–H and O–H groups in total. The summed E-state index contributed by atoms with van der Waals surface area (Å²) in [5, 5.41) is 22.9. The highest BCUT2D eigenvalue weighted by Gasteiger charge is 2.55. The van der Waals surface area contributed by atoms with Crippen LogP contribution in [0.3, 0.4) is 0 Å². The van der Waals surface area contributed by atoms with E-state index in [0.717, 1.165) is 18.7 Å². The first-order valence-corrected chi connectivity index (χ1v) is 11.5. The molecule has 0 bridgehead atoms. The molecule has 0 spiro atoms. The molecule has 2 fully saturated rings. The monoisotopic (exact) mass is 447 g/mol. The van der Waals surface area contributed by atoms with Gasteiger partial charge in [-0.3, -0.25) is 9.78 Å². The lowest BCUT2D eigenvalue weighted by atomic mass is 9.62. The Kier molecular flexibility index (Phi) is 5.86. The first-order valence-electron chi connectivity index (χ1n) is 11.5. The Balaban J connectivity index is 1.75. The lowest BCUT2D eigenvalue weighted by Crippen LogP contribution is -2.63. The lowest BCUT2D eigenvalue weighted by Gasteiger charge is -2.55. The van der Waals surface area contributed by atoms with E-state index in [0.29, 0.717) is 23.6 Å². The highest BCUT2D eigenvalue weighted by Crippen LogP contribution is 2.50. The van der Waals surface area contributed by atoms with E-state index in [9.17, 15) is 15.0 Å². The zero-order valence-electron chi connectivity index (χ0n) is 20.1. The summed E-state index contributed by atoms with van der Waals surface area (Å²) in [6.45, 7) is 8.35. The summed E-state index contributed by atoms with van der Waals surface area (Å²) >= 11 is 0. The van der Waals surface area contributed by atoms with Gasteiger partial charge in [-0.15, -0.1) is 0 Å². The Bertz CT molecular complexity index is 1110. The number of rotatable bonds is 4. The van der Waals surface area contributed by atoms with Crippen molar-refractivity contribution in [3.05, 3.63) is 65.0 Å². The van der Waals surface area contributed by atoms with Crippen LogP contribution in [0, 0.1) is 17.3 Å². The SMILES string of the molecule is CC(C)c1ccc([C@](O)(c2cncc(C#C[C@@]3(O)CCN(C)C3=O)c2)C2(C)CN(C)C2)cc1. The van der Waals surface area contributed by atoms with Crippen molar-refractivity contribution in [3.8, 4) is 11.8 Å². The molecule has 1 amide bonds. The summed E-state index contributed by atoms with van der Waals surface area (Å²) in [5.74, 6) is 5.70. The molecule has 3 heterocycles. The van der Waals surface area contributed by atoms with Crippen LogP contribution < -0.4 is 0 Å². The number of likely N-dealkylation sites (tertiary alicyclic amines) is 2. The van der Waals surface area contributed by atoms with Crippen LogP contribution in [0.15, 0.2) is 42.7 Å². The molecule has 33 heavy (non-hydrogen) atoms. The van der Waals surface area contributed by atoms with Crippen LogP contribution in [0.5, 0.6) is 0 Å². The number of aromatic nitrogens is 1. The zero-order valence-corrected chi connectivity index (χ0v) is 20.1. The number of pyridine rings is 1. The molecule has 2 atom stereocenters. The van der Waals surface area contributed by atoms with Gasteiger partial charge in [-0.1, -0.05) is 56.9 Å². The maximum absolute atomic E-state index is 12.3. The van der Waals surface area contributed by atoms with E-state index >= 15 is 0 Å². The predicted molar refractivity (Wildman–Crippen MR) is 127 cm³/mol. The number of hydrogen-bond donors (Lipinski definition) is 2. The number of aliphatic hydroxyl groups is 2. The van der Waals surface area contributed by atoms with Crippen LogP contribution in [-0.2, 0) is 10.4 Å². The fourth-order valence-corrected chi connectivity index (χ4v) is 5.20. The minimum absolute atomic E-state index is 0.277. The molecule has 2 aliphatic heterocycles. The van der Waals surface area contributed by atoms with Crippen molar-refractivity contribution in [1.82, 2.24) is 14.8 Å². The summed E-state index contributed by atoms with van der Waals surface area (Å²) in [6.07, 6.45) is 3.56. The highest BCUT2D eigenvalue weighted by molar-refractivity contribution is 5.90. The fraction of sp³-hybridized carbons (Fsp3) is 0.481. The van der Waals surface area contributed by atoms with Crippen molar-refractivity contribution in [2.24, 2.45) is 5.41 Å². The largest absolute Gasteiger partial charge is 0.380 e. The van der Waals surface area contributed by atoms with Crippen LogP contribution in [-0.4, -0.2) is 70.2 Å². The van der Waals surface area contributed by atoms with Crippen molar-refractivity contribution in [2.45, 2.75) is 44.3 Å². The standard InChI is InChI=1S/C27H33N3O3/c1-19(2)21-6-8-22(9-7-21)27(33,25(3)17-29(4)18-25)23-14-20(15-28-16-23)10-11-26(32)12-13-30(5)24(26)31/h6-9,14-16,19,32-33H,12-13,17-18H2,1-5H3/t26-,27+/m1/s1. The van der Waals surface area contributed by atoms with Crippen molar-refractivity contribution in [3.63, 3.8) is 0 Å². The van der Waals surface area contributed by atoms with Gasteiger partial charge in [-0.05, 0) is 30.2 Å². The Morgan fingerprint density at radius 1 is 1.12 bits per heavy atom. The summed E-state index contributed by atoms with van der Waals surface area (Å²) < 4.78 is 0. The fourth-order valence-electron chi connectivity index (χ4n) is 5.20. The third-order valence-corrected chi connectivity index (χ3v) is 7.19. The van der Waals surface area contributed by atoms with Gasteiger partial charge in [-0.25, -0.2) is 0 Å². The average molecular weight is 448 g/mol. The molecule has 2 aliphatic rings. The number of hydrogen-bond acceptors (Lipinski definition) is 5. The second kappa shape index (κ2) is 8.25. The molecule has 6 nitrogen and oxygen atoms in total. The smallest absolute Gasteiger partial charge is 0.267 e. The van der Waals surface area contributed by atoms with E-state index in [4.69, 9.17) is 0 Å². The quantitative estimate of drug-likeness (QED) is 0.704. The molecule has 2 saturated heterocycles. The maximum Gasteiger partial charge on any atom is 0.267 e. The normalized spacial score (nSPS) is 24.2. The maximum atomic E-state index is 12.3. The molecule has 0 saturated carbocycles. The number of benzene rings is 1. The van der Waals surface area contributed by atoms with E-state index < -0.39 is 16.6 Å². The van der Waals surface area contributed by atoms with Gasteiger partial charge in [0.05, 0.1) is 0 Å². The molecule has 1 aromatic carbocycles. The van der Waals surface area contributed by atoms with Gasteiger partial charge in [-0.2, -0.15) is 0 Å². The Morgan fingerprint density at radius 2 is 1.79 bits per heavy atom. The van der Waals surface area contributed by atoms with Crippen LogP contribution >= 0.6 is 0 Å². The van der Waals surface area contributed by atoms with Crippen molar-refractivity contribution in [2.75, 3.05) is 33.7 Å². The van der Waals surface area contributed by atoms with Crippen LogP contribution in [0.1, 0.15) is 55.4 Å². The van der Waals surface area contributed by atoms with Crippen molar-refractivity contribution >= 4 is 5.91 Å². The second-order valence-electron chi connectivity index (χ2n) is 10.3. The number of carbonyl (C=O) groups excluding carboxylic acids is 1. The van der Waals surface area contributed by atoms with E-state index in [2.05, 4.69) is 54.6 Å². The summed E-state index contributed by atoms with van der Waals surface area (Å²) in [4.78, 5) is 20.3. The van der Waals surface area contributed by atoms with Gasteiger partial charge < -0.3 is 20.0 Å². The predicted octanol–water partition coefficient (Wildman–Crippen LogP) is 2.34. The highest BCUT2D eigenvalue weighted by atomic mass is 16.3. The summed E-state index contributed by atoms with van der Waals surface area (Å²) in [5.41, 5.74) is -0.0938. The number of nitrogens with zero attached hydrogens (tertiary/aromatic N) is 3. The van der Waals surface area contributed by atoms with Crippen LogP contribution in [0.2, 0.25) is 0 Å². The van der Waals surface area contributed by atoms with Gasteiger partial charge in [0.1, 0.15) is 5.60 Å². The van der Waals surface area contributed by atoms with Crippen LogP contribution in [0.25, 0.3) is 0 Å². The van der Waals surface area contributed by atoms with Crippen molar-refractivity contribution in [1.29, 1.82) is 0 Å². The number of carbonyl (C=O) groups is 1. The molecule has 0 unspecified atom stereocenters. The number of likely N-dealkylation sites (N-methyl/N-ethyl adjacent to an activating group) is 1. The van der Waals surface area contributed by atoms with E-state index in [1.807, 2.05) is 25.2 Å². The van der Waals surface area contributed by atoms with Crippen LogP contribution in [0.4, 0.5) is 0 Å². The van der Waals surface area contributed by atoms with Gasteiger partial charge >= 0.3 is 0 Å². The number of amides is 1. The Morgan fingerprint density at radius 3 is 2.33 bits per heavy atom. The average Bonchev–Trinajstić information content (AvgIpc) is 3.04. The third kappa shape index (κ3) is 3.95. The molecule has 0 radical (unpaired) electrons. The first-order chi connectivity index (χ1) is 15.5. The molecule has 4 rings (SSSR count). The summed E-state index contributed by atoms with van der Waals surface area (Å²) in [6, 6.07) is 9.99. The van der Waals surface area contributed by atoms with Crippen molar-refractivity contribution < 1.29 is 15.0 Å². The second-order valence-corrected chi connectivity index (χ2v) is 10.3. The molecule has 174 valence electrons. The lowest BCUT2D eigenvalue weighted by molar-refractivity contribution is -0.137. The Hall–Kier alpha value is -2.72. The molecule has 6 heteroatoms. The molecule has 2 aromatic rings. The van der Waals surface area contributed by atoms with Gasteiger partial charge in [0.2, 0.25) is 5.60 Å². The van der Waals surface area contributed by atoms with E-state index in [1.165, 1.54) is 10.5 Å². The zero-order chi connectivity index (χ0) is 24.0. The summed E-state index contributed by atoms with van der Waals surface area (Å²) in [7, 11) is 3.70. The molecule has 0 aliphatic carbocycles. The minimum Gasteiger partial charge on any atom is -0.380 e.